The highest BCUT2D eigenvalue weighted by atomic mass is 32.1. The zero-order valence-corrected chi connectivity index (χ0v) is 11.5. The van der Waals surface area contributed by atoms with Crippen molar-refractivity contribution >= 4 is 17.1 Å². The summed E-state index contributed by atoms with van der Waals surface area (Å²) >= 11 is 5.62. The maximum Gasteiger partial charge on any atom is 0.0192 e. The van der Waals surface area contributed by atoms with Crippen molar-refractivity contribution in [3.05, 3.63) is 23.8 Å². The van der Waals surface area contributed by atoms with E-state index in [1.807, 2.05) is 0 Å². The normalized spacial score (nSPS) is 38.9. The third kappa shape index (κ3) is 1.79. The molecule has 16 heavy (non-hydrogen) atoms. The first-order chi connectivity index (χ1) is 7.45. The standard InChI is InChI=1S/C15H22S/c1-10(2)12-8-14(16)13-7-5-6-11(3)15(13,4)9-12/h7,11-12H,1,5-6,8-9H2,2-4H3. The van der Waals surface area contributed by atoms with Crippen LogP contribution in [0.3, 0.4) is 0 Å². The Hall–Kier alpha value is -0.430. The van der Waals surface area contributed by atoms with Gasteiger partial charge < -0.3 is 0 Å². The average molecular weight is 234 g/mol. The monoisotopic (exact) mass is 234 g/mol. The van der Waals surface area contributed by atoms with Crippen molar-refractivity contribution < 1.29 is 0 Å². The van der Waals surface area contributed by atoms with Crippen molar-refractivity contribution in [3.8, 4) is 0 Å². The third-order valence-electron chi connectivity index (χ3n) is 4.75. The summed E-state index contributed by atoms with van der Waals surface area (Å²) in [5.41, 5.74) is 3.11. The molecule has 0 nitrogen and oxygen atoms in total. The molecule has 88 valence electrons. The molecule has 0 radical (unpaired) electrons. The topological polar surface area (TPSA) is 0 Å². The lowest BCUT2D eigenvalue weighted by molar-refractivity contribution is 0.186. The minimum Gasteiger partial charge on any atom is -0.0998 e. The van der Waals surface area contributed by atoms with E-state index >= 15 is 0 Å². The van der Waals surface area contributed by atoms with Crippen LogP contribution in [0, 0.1) is 17.3 Å². The summed E-state index contributed by atoms with van der Waals surface area (Å²) in [5, 5.41) is 0. The number of rotatable bonds is 1. The molecule has 1 heteroatoms. The lowest BCUT2D eigenvalue weighted by Gasteiger charge is -2.47. The Bertz CT molecular complexity index is 364. The summed E-state index contributed by atoms with van der Waals surface area (Å²) in [6, 6.07) is 0. The molecule has 0 heterocycles. The lowest BCUT2D eigenvalue weighted by atomic mass is 9.57. The van der Waals surface area contributed by atoms with Gasteiger partial charge in [0.15, 0.2) is 0 Å². The SMILES string of the molecule is C=C(C)C1CC(=S)C2=CCCC(C)C2(C)C1. The van der Waals surface area contributed by atoms with Gasteiger partial charge in [-0.15, -0.1) is 0 Å². The summed E-state index contributed by atoms with van der Waals surface area (Å²) in [7, 11) is 0. The lowest BCUT2D eigenvalue weighted by Crippen LogP contribution is -2.40. The fourth-order valence-corrected chi connectivity index (χ4v) is 3.82. The second kappa shape index (κ2) is 4.10. The number of thiocarbonyl (C=S) groups is 1. The molecule has 3 atom stereocenters. The van der Waals surface area contributed by atoms with Crippen LogP contribution in [-0.2, 0) is 0 Å². The number of fused-ring (bicyclic) bond motifs is 1. The van der Waals surface area contributed by atoms with E-state index in [4.69, 9.17) is 12.2 Å². The molecular weight excluding hydrogens is 212 g/mol. The second-order valence-electron chi connectivity index (χ2n) is 5.89. The van der Waals surface area contributed by atoms with Crippen LogP contribution in [0.2, 0.25) is 0 Å². The molecule has 0 aromatic heterocycles. The van der Waals surface area contributed by atoms with Crippen molar-refractivity contribution in [2.24, 2.45) is 17.3 Å². The maximum absolute atomic E-state index is 5.62. The summed E-state index contributed by atoms with van der Waals surface area (Å²) in [4.78, 5) is 1.20. The van der Waals surface area contributed by atoms with E-state index in [2.05, 4.69) is 33.4 Å². The molecule has 0 N–H and O–H groups in total. The van der Waals surface area contributed by atoms with Crippen molar-refractivity contribution in [3.63, 3.8) is 0 Å². The Kier molecular flexibility index (Phi) is 3.09. The molecule has 1 fully saturated rings. The third-order valence-corrected chi connectivity index (χ3v) is 5.14. The van der Waals surface area contributed by atoms with Crippen molar-refractivity contribution in [1.82, 2.24) is 0 Å². The molecule has 0 spiro atoms. The van der Waals surface area contributed by atoms with Gasteiger partial charge in [0.25, 0.3) is 0 Å². The predicted octanol–water partition coefficient (Wildman–Crippen LogP) is 4.71. The molecule has 0 aromatic carbocycles. The van der Waals surface area contributed by atoms with Crippen LogP contribution < -0.4 is 0 Å². The largest absolute Gasteiger partial charge is 0.0998 e. The molecule has 1 saturated carbocycles. The highest BCUT2D eigenvalue weighted by Gasteiger charge is 2.43. The van der Waals surface area contributed by atoms with E-state index in [0.717, 1.165) is 12.3 Å². The Morgan fingerprint density at radius 2 is 2.25 bits per heavy atom. The van der Waals surface area contributed by atoms with E-state index in [1.54, 1.807) is 0 Å². The average Bonchev–Trinajstić information content (AvgIpc) is 2.20. The number of hydrogen-bond acceptors (Lipinski definition) is 1. The maximum atomic E-state index is 5.62. The first kappa shape index (κ1) is 12.0. The van der Waals surface area contributed by atoms with Gasteiger partial charge in [-0.2, -0.15) is 0 Å². The number of allylic oxidation sites excluding steroid dienone is 3. The summed E-state index contributed by atoms with van der Waals surface area (Å²) in [5.74, 6) is 1.36. The summed E-state index contributed by atoms with van der Waals surface area (Å²) in [6.45, 7) is 11.1. The Balaban J connectivity index is 2.36. The molecule has 2 rings (SSSR count). The van der Waals surface area contributed by atoms with E-state index in [1.165, 1.54) is 35.3 Å². The van der Waals surface area contributed by atoms with Gasteiger partial charge in [0.05, 0.1) is 0 Å². The smallest absolute Gasteiger partial charge is 0.0192 e. The van der Waals surface area contributed by atoms with Gasteiger partial charge in [-0.1, -0.05) is 44.3 Å². The first-order valence-corrected chi connectivity index (χ1v) is 6.75. The first-order valence-electron chi connectivity index (χ1n) is 6.34. The zero-order chi connectivity index (χ0) is 11.9. The van der Waals surface area contributed by atoms with Crippen LogP contribution in [0.4, 0.5) is 0 Å². The van der Waals surface area contributed by atoms with Crippen LogP contribution in [0.15, 0.2) is 23.8 Å². The van der Waals surface area contributed by atoms with E-state index < -0.39 is 0 Å². The van der Waals surface area contributed by atoms with Crippen LogP contribution in [0.5, 0.6) is 0 Å². The van der Waals surface area contributed by atoms with Gasteiger partial charge in [0.1, 0.15) is 0 Å². The van der Waals surface area contributed by atoms with E-state index in [-0.39, 0.29) is 0 Å². The van der Waals surface area contributed by atoms with Gasteiger partial charge in [0.2, 0.25) is 0 Å². The fraction of sp³-hybridized carbons (Fsp3) is 0.667. The second-order valence-corrected chi connectivity index (χ2v) is 6.38. The molecule has 0 amide bonds. The highest BCUT2D eigenvalue weighted by molar-refractivity contribution is 7.80. The molecule has 0 aromatic rings. The molecular formula is C15H22S. The predicted molar refractivity (Wildman–Crippen MR) is 74.7 cm³/mol. The quantitative estimate of drug-likeness (QED) is 0.468. The molecule has 2 aliphatic rings. The van der Waals surface area contributed by atoms with Gasteiger partial charge in [-0.3, -0.25) is 0 Å². The van der Waals surface area contributed by atoms with Gasteiger partial charge >= 0.3 is 0 Å². The van der Waals surface area contributed by atoms with Crippen LogP contribution in [0.25, 0.3) is 0 Å². The van der Waals surface area contributed by atoms with Gasteiger partial charge in [-0.05, 0) is 55.4 Å². The minimum atomic E-state index is 0.317. The van der Waals surface area contributed by atoms with Crippen molar-refractivity contribution in [2.75, 3.05) is 0 Å². The molecule has 0 bridgehead atoms. The van der Waals surface area contributed by atoms with Crippen molar-refractivity contribution in [1.29, 1.82) is 0 Å². The van der Waals surface area contributed by atoms with Gasteiger partial charge in [0, 0.05) is 4.86 Å². The van der Waals surface area contributed by atoms with Crippen molar-refractivity contribution in [2.45, 2.75) is 46.5 Å². The summed E-state index contributed by atoms with van der Waals surface area (Å²) in [6.07, 6.45) is 7.22. The van der Waals surface area contributed by atoms with Crippen LogP contribution in [0.1, 0.15) is 46.5 Å². The molecule has 3 unspecified atom stereocenters. The molecule has 2 aliphatic carbocycles. The van der Waals surface area contributed by atoms with Crippen LogP contribution >= 0.6 is 12.2 Å². The Morgan fingerprint density at radius 3 is 2.88 bits per heavy atom. The Labute approximate surface area is 105 Å². The van der Waals surface area contributed by atoms with Gasteiger partial charge in [-0.25, -0.2) is 0 Å². The molecule has 0 aliphatic heterocycles. The van der Waals surface area contributed by atoms with Crippen LogP contribution in [-0.4, -0.2) is 4.86 Å². The fourth-order valence-electron chi connectivity index (χ4n) is 3.30. The highest BCUT2D eigenvalue weighted by Crippen LogP contribution is 2.52. The minimum absolute atomic E-state index is 0.317. The van der Waals surface area contributed by atoms with E-state index in [0.29, 0.717) is 11.3 Å². The Morgan fingerprint density at radius 1 is 1.56 bits per heavy atom. The van der Waals surface area contributed by atoms with E-state index in [9.17, 15) is 0 Å². The summed E-state index contributed by atoms with van der Waals surface area (Å²) < 4.78 is 0. The zero-order valence-electron chi connectivity index (χ0n) is 10.7. The number of hydrogen-bond donors (Lipinski definition) is 0. The molecule has 0 saturated heterocycles.